The molecule has 0 aliphatic carbocycles. The zero-order chi connectivity index (χ0) is 24.0. The number of unbranched alkanes of at least 4 members (excludes halogenated alkanes) is 2. The molecule has 4 rings (SSSR count). The van der Waals surface area contributed by atoms with Crippen LogP contribution in [0.3, 0.4) is 0 Å². The van der Waals surface area contributed by atoms with Gasteiger partial charge in [0.2, 0.25) is 0 Å². The van der Waals surface area contributed by atoms with E-state index in [1.807, 2.05) is 0 Å². The van der Waals surface area contributed by atoms with E-state index in [2.05, 4.69) is 60.2 Å². The van der Waals surface area contributed by atoms with Crippen LogP contribution >= 0.6 is 0 Å². The molecule has 2 heterocycles. The maximum absolute atomic E-state index is 14.4. The second kappa shape index (κ2) is 10.4. The second-order valence-corrected chi connectivity index (χ2v) is 9.92. The summed E-state index contributed by atoms with van der Waals surface area (Å²) in [6, 6.07) is 19.8. The summed E-state index contributed by atoms with van der Waals surface area (Å²) in [6.07, 6.45) is 8.28. The Morgan fingerprint density at radius 2 is 1.88 bits per heavy atom. The first-order valence-corrected chi connectivity index (χ1v) is 12.1. The average Bonchev–Trinajstić information content (AvgIpc) is 2.85. The van der Waals surface area contributed by atoms with Crippen LogP contribution in [-0.4, -0.2) is 22.2 Å². The van der Waals surface area contributed by atoms with E-state index in [0.29, 0.717) is 23.4 Å². The van der Waals surface area contributed by atoms with Crippen LogP contribution in [0.25, 0.3) is 11.3 Å². The first kappa shape index (κ1) is 24.0. The molecule has 0 radical (unpaired) electrons. The quantitative estimate of drug-likeness (QED) is 0.350. The summed E-state index contributed by atoms with van der Waals surface area (Å²) in [5, 5.41) is 9.13. The molecule has 1 fully saturated rings. The molecule has 0 spiro atoms. The van der Waals surface area contributed by atoms with E-state index < -0.39 is 5.82 Å². The third-order valence-electron chi connectivity index (χ3n) is 6.84. The van der Waals surface area contributed by atoms with Gasteiger partial charge in [-0.3, -0.25) is 0 Å². The Kier molecular flexibility index (Phi) is 7.38. The lowest BCUT2D eigenvalue weighted by Gasteiger charge is -2.45. The number of aromatic nitrogens is 2. The van der Waals surface area contributed by atoms with Crippen molar-refractivity contribution < 1.29 is 9.13 Å². The van der Waals surface area contributed by atoms with Crippen LogP contribution in [0, 0.1) is 17.1 Å². The predicted octanol–water partition coefficient (Wildman–Crippen LogP) is 6.78. The van der Waals surface area contributed by atoms with E-state index in [1.54, 1.807) is 24.3 Å². The van der Waals surface area contributed by atoms with Crippen molar-refractivity contribution in [3.8, 4) is 17.3 Å². The van der Waals surface area contributed by atoms with Crippen molar-refractivity contribution in [2.75, 3.05) is 6.61 Å². The maximum atomic E-state index is 14.4. The highest BCUT2D eigenvalue weighted by atomic mass is 19.1. The molecule has 1 aliphatic heterocycles. The van der Waals surface area contributed by atoms with Crippen LogP contribution in [0.2, 0.25) is 0 Å². The number of rotatable bonds is 8. The van der Waals surface area contributed by atoms with E-state index in [9.17, 15) is 4.39 Å². The average molecular weight is 458 g/mol. The molecule has 1 aliphatic rings. The van der Waals surface area contributed by atoms with E-state index in [1.165, 1.54) is 11.8 Å². The highest BCUT2D eigenvalue weighted by Crippen LogP contribution is 2.45. The molecule has 5 heteroatoms. The van der Waals surface area contributed by atoms with Gasteiger partial charge in [0.1, 0.15) is 11.5 Å². The molecule has 1 aromatic heterocycles. The summed E-state index contributed by atoms with van der Waals surface area (Å²) in [4.78, 5) is 8.68. The smallest absolute Gasteiger partial charge is 0.167 e. The van der Waals surface area contributed by atoms with Crippen molar-refractivity contribution in [1.82, 2.24) is 9.97 Å². The fraction of sp³-hybridized carbons (Fsp3) is 0.414. The van der Waals surface area contributed by atoms with E-state index in [4.69, 9.17) is 10.00 Å². The number of ether oxygens (including phenoxy) is 1. The Morgan fingerprint density at radius 1 is 1.06 bits per heavy atom. The molecule has 0 amide bonds. The molecule has 2 aromatic carbocycles. The Labute approximate surface area is 201 Å². The topological polar surface area (TPSA) is 58.8 Å². The van der Waals surface area contributed by atoms with Crippen molar-refractivity contribution >= 4 is 0 Å². The van der Waals surface area contributed by atoms with Gasteiger partial charge in [0, 0.05) is 24.0 Å². The van der Waals surface area contributed by atoms with Crippen molar-refractivity contribution in [3.05, 3.63) is 83.6 Å². The third-order valence-corrected chi connectivity index (χ3v) is 6.84. The van der Waals surface area contributed by atoms with Crippen molar-refractivity contribution in [1.29, 1.82) is 5.26 Å². The molecular formula is C29H32FN3O. The second-order valence-electron chi connectivity index (χ2n) is 9.92. The number of hydrogen-bond donors (Lipinski definition) is 0. The summed E-state index contributed by atoms with van der Waals surface area (Å²) in [6.45, 7) is 5.18. The zero-order valence-electron chi connectivity index (χ0n) is 20.1. The minimum Gasteiger partial charge on any atom is -0.376 e. The molecule has 1 saturated heterocycles. The largest absolute Gasteiger partial charge is 0.376 e. The van der Waals surface area contributed by atoms with Gasteiger partial charge in [-0.15, -0.1) is 0 Å². The number of nitriles is 1. The Morgan fingerprint density at radius 3 is 2.65 bits per heavy atom. The molecule has 3 aromatic rings. The van der Waals surface area contributed by atoms with Crippen molar-refractivity contribution in [2.45, 2.75) is 69.8 Å². The molecule has 4 nitrogen and oxygen atoms in total. The fourth-order valence-electron chi connectivity index (χ4n) is 5.26. The SMILES string of the molecule is CC1(C)CC(CCCCCc2ncc(F)c(-c3cccc(C#N)c3)n2)(c2ccccc2)CCO1. The molecule has 176 valence electrons. The first-order valence-electron chi connectivity index (χ1n) is 12.1. The maximum Gasteiger partial charge on any atom is 0.167 e. The van der Waals surface area contributed by atoms with Crippen LogP contribution < -0.4 is 0 Å². The predicted molar refractivity (Wildman–Crippen MR) is 132 cm³/mol. The molecule has 1 atom stereocenters. The van der Waals surface area contributed by atoms with Crippen LogP contribution in [0.1, 0.15) is 69.3 Å². The summed E-state index contributed by atoms with van der Waals surface area (Å²) in [5.74, 6) is 0.175. The third kappa shape index (κ3) is 5.69. The zero-order valence-corrected chi connectivity index (χ0v) is 20.1. The summed E-state index contributed by atoms with van der Waals surface area (Å²) in [5.41, 5.74) is 2.80. The van der Waals surface area contributed by atoms with Gasteiger partial charge in [0.05, 0.1) is 23.4 Å². The van der Waals surface area contributed by atoms with Gasteiger partial charge >= 0.3 is 0 Å². The summed E-state index contributed by atoms with van der Waals surface area (Å²) in [7, 11) is 0. The van der Waals surface area contributed by atoms with Gasteiger partial charge < -0.3 is 4.74 Å². The number of halogens is 1. The van der Waals surface area contributed by atoms with Crippen LogP contribution in [0.4, 0.5) is 4.39 Å². The highest BCUT2D eigenvalue weighted by molar-refractivity contribution is 5.61. The Balaban J connectivity index is 1.38. The summed E-state index contributed by atoms with van der Waals surface area (Å²) < 4.78 is 20.4. The molecule has 1 unspecified atom stereocenters. The number of hydrogen-bond acceptors (Lipinski definition) is 4. The van der Waals surface area contributed by atoms with E-state index in [-0.39, 0.29) is 16.7 Å². The molecule has 34 heavy (non-hydrogen) atoms. The standard InChI is InChI=1S/C29H32FN3O/c1-28(2)21-29(16-17-34-28,24-12-5-3-6-13-24)15-8-4-7-14-26-32-20-25(30)27(33-26)23-11-9-10-22(18-23)19-31/h3,5-6,9-13,18,20H,4,7-8,14-17,21H2,1-2H3. The Hall–Kier alpha value is -3.10. The molecule has 0 bridgehead atoms. The van der Waals surface area contributed by atoms with Crippen LogP contribution in [0.5, 0.6) is 0 Å². The van der Waals surface area contributed by atoms with Crippen molar-refractivity contribution in [3.63, 3.8) is 0 Å². The lowest BCUT2D eigenvalue weighted by molar-refractivity contribution is -0.0845. The lowest BCUT2D eigenvalue weighted by atomic mass is 9.66. The molecular weight excluding hydrogens is 425 g/mol. The summed E-state index contributed by atoms with van der Waals surface area (Å²) >= 11 is 0. The van der Waals surface area contributed by atoms with Gasteiger partial charge in [-0.2, -0.15) is 5.26 Å². The molecule has 0 saturated carbocycles. The minimum absolute atomic E-state index is 0.116. The number of aryl methyl sites for hydroxylation is 1. The van der Waals surface area contributed by atoms with Gasteiger partial charge in [-0.05, 0) is 57.2 Å². The normalized spacial score (nSPS) is 19.5. The lowest BCUT2D eigenvalue weighted by Crippen LogP contribution is -2.44. The fourth-order valence-corrected chi connectivity index (χ4v) is 5.26. The molecule has 0 N–H and O–H groups in total. The highest BCUT2D eigenvalue weighted by Gasteiger charge is 2.41. The van der Waals surface area contributed by atoms with Gasteiger partial charge in [0.25, 0.3) is 0 Å². The van der Waals surface area contributed by atoms with E-state index >= 15 is 0 Å². The Bertz CT molecular complexity index is 1160. The minimum atomic E-state index is -0.467. The van der Waals surface area contributed by atoms with Gasteiger partial charge in [-0.1, -0.05) is 55.3 Å². The monoisotopic (exact) mass is 457 g/mol. The van der Waals surface area contributed by atoms with Crippen LogP contribution in [-0.2, 0) is 16.6 Å². The van der Waals surface area contributed by atoms with Gasteiger partial charge in [-0.25, -0.2) is 14.4 Å². The van der Waals surface area contributed by atoms with Crippen LogP contribution in [0.15, 0.2) is 60.8 Å². The van der Waals surface area contributed by atoms with E-state index in [0.717, 1.165) is 45.1 Å². The first-order chi connectivity index (χ1) is 16.4. The van der Waals surface area contributed by atoms with Crippen molar-refractivity contribution in [2.24, 2.45) is 0 Å². The number of benzene rings is 2. The van der Waals surface area contributed by atoms with Gasteiger partial charge in [0.15, 0.2) is 5.82 Å². The number of nitrogens with zero attached hydrogens (tertiary/aromatic N) is 3.